The van der Waals surface area contributed by atoms with Crippen molar-refractivity contribution < 1.29 is 9.18 Å². The van der Waals surface area contributed by atoms with E-state index in [1.807, 2.05) is 6.07 Å². The average molecular weight is 417 g/mol. The zero-order valence-electron chi connectivity index (χ0n) is 17.7. The number of aryl methyl sites for hydroxylation is 2. The van der Waals surface area contributed by atoms with Crippen LogP contribution in [0, 0.1) is 19.7 Å². The van der Waals surface area contributed by atoms with Gasteiger partial charge in [0, 0.05) is 29.7 Å². The fraction of sp³-hybridized carbons (Fsp3) is 0.240. The van der Waals surface area contributed by atoms with Gasteiger partial charge in [-0.1, -0.05) is 24.3 Å². The monoisotopic (exact) mass is 416 g/mol. The van der Waals surface area contributed by atoms with E-state index in [0.29, 0.717) is 18.5 Å². The van der Waals surface area contributed by atoms with Crippen LogP contribution in [0.25, 0.3) is 0 Å². The molecule has 3 aromatic rings. The second kappa shape index (κ2) is 7.30. The molecule has 1 unspecified atom stereocenters. The number of halogens is 1. The number of rotatable bonds is 2. The molecule has 2 aliphatic rings. The maximum atomic E-state index is 14.0. The Labute approximate surface area is 181 Å². The highest BCUT2D eigenvalue weighted by molar-refractivity contribution is 5.76. The van der Waals surface area contributed by atoms with E-state index < -0.39 is 12.1 Å². The maximum Gasteiger partial charge on any atom is 0.315 e. The molecular weight excluding hydrogens is 391 g/mol. The van der Waals surface area contributed by atoms with E-state index in [2.05, 4.69) is 54.2 Å². The molecule has 0 saturated heterocycles. The molecule has 0 fully saturated rings. The number of aromatic amines is 1. The van der Waals surface area contributed by atoms with Crippen LogP contribution in [0.4, 0.5) is 20.7 Å². The van der Waals surface area contributed by atoms with E-state index in [-0.39, 0.29) is 5.82 Å². The summed E-state index contributed by atoms with van der Waals surface area (Å²) < 4.78 is 14.0. The first kappa shape index (κ1) is 19.4. The number of H-pyrrole nitrogens is 1. The Morgan fingerprint density at radius 1 is 1.13 bits per heavy atom. The van der Waals surface area contributed by atoms with Crippen LogP contribution in [0.5, 0.6) is 0 Å². The Hall–Kier alpha value is -3.54. The van der Waals surface area contributed by atoms with Gasteiger partial charge in [0.05, 0.1) is 6.04 Å². The number of hydrogen-bond acceptors (Lipinski definition) is 2. The van der Waals surface area contributed by atoms with Crippen LogP contribution in [0.2, 0.25) is 0 Å². The Bertz CT molecular complexity index is 1190. The first-order valence-corrected chi connectivity index (χ1v) is 10.5. The lowest BCUT2D eigenvalue weighted by Gasteiger charge is -2.35. The van der Waals surface area contributed by atoms with Gasteiger partial charge in [-0.25, -0.2) is 9.18 Å². The van der Waals surface area contributed by atoms with Crippen molar-refractivity contribution in [3.05, 3.63) is 94.1 Å². The van der Waals surface area contributed by atoms with Gasteiger partial charge in [0.25, 0.3) is 0 Å². The largest absolute Gasteiger partial charge is 0.351 e. The second-order valence-corrected chi connectivity index (χ2v) is 8.39. The van der Waals surface area contributed by atoms with Gasteiger partial charge in [0.2, 0.25) is 0 Å². The van der Waals surface area contributed by atoms with Crippen molar-refractivity contribution in [1.29, 1.82) is 0 Å². The van der Waals surface area contributed by atoms with Crippen LogP contribution >= 0.6 is 0 Å². The minimum Gasteiger partial charge on any atom is -0.351 e. The van der Waals surface area contributed by atoms with Gasteiger partial charge in [0.15, 0.2) is 0 Å². The van der Waals surface area contributed by atoms with Gasteiger partial charge in [-0.05, 0) is 73.2 Å². The first-order chi connectivity index (χ1) is 14.9. The Kier molecular flexibility index (Phi) is 4.58. The predicted molar refractivity (Wildman–Crippen MR) is 120 cm³/mol. The van der Waals surface area contributed by atoms with Crippen LogP contribution in [0.15, 0.2) is 54.7 Å². The fourth-order valence-electron chi connectivity index (χ4n) is 4.96. The van der Waals surface area contributed by atoms with Crippen molar-refractivity contribution in [2.45, 2.75) is 32.7 Å². The summed E-state index contributed by atoms with van der Waals surface area (Å²) in [5.74, 6) is 0.675. The summed E-state index contributed by atoms with van der Waals surface area (Å²) in [6, 6.07) is 11.9. The number of hydrogen-bond donors (Lipinski definition) is 2. The fourth-order valence-corrected chi connectivity index (χ4v) is 4.96. The van der Waals surface area contributed by atoms with Crippen molar-refractivity contribution in [3.8, 4) is 0 Å². The van der Waals surface area contributed by atoms with Crippen molar-refractivity contribution in [2.24, 2.45) is 5.73 Å². The summed E-state index contributed by atoms with van der Waals surface area (Å²) in [5.41, 5.74) is 13.2. The summed E-state index contributed by atoms with van der Waals surface area (Å²) in [5, 5.41) is 0. The highest BCUT2D eigenvalue weighted by Gasteiger charge is 2.36. The molecule has 5 nitrogen and oxygen atoms in total. The Balaban J connectivity index is 1.66. The number of nitrogens with two attached hydrogens (primary N) is 1. The number of urea groups is 1. The van der Waals surface area contributed by atoms with Crippen LogP contribution < -0.4 is 10.6 Å². The maximum absolute atomic E-state index is 14.0. The summed E-state index contributed by atoms with van der Waals surface area (Å²) in [6.07, 6.45) is 5.77. The lowest BCUT2D eigenvalue weighted by molar-refractivity contribution is 0.188. The SMILES string of the molecule is Cc1cc(C)cc(N2C=CCc3c2[nH]c2c3CCN(C(N)=O)C2c2cccc(F)c2)c1. The van der Waals surface area contributed by atoms with Crippen LogP contribution in [0.1, 0.15) is 39.6 Å². The lowest BCUT2D eigenvalue weighted by atomic mass is 9.91. The third-order valence-corrected chi connectivity index (χ3v) is 6.17. The molecule has 31 heavy (non-hydrogen) atoms. The number of aromatic nitrogens is 1. The molecule has 6 heteroatoms. The third-order valence-electron chi connectivity index (χ3n) is 6.17. The summed E-state index contributed by atoms with van der Waals surface area (Å²) in [4.78, 5) is 19.6. The standard InChI is InChI=1S/C25H25FN4O/c1-15-11-16(2)13-19(12-15)29-9-4-7-21-20-8-10-30(25(27)31)23(22(20)28-24(21)29)17-5-3-6-18(26)14-17/h3-6,9,11-14,23,28H,7-8,10H2,1-2H3,(H2,27,31). The van der Waals surface area contributed by atoms with E-state index in [1.165, 1.54) is 34.4 Å². The number of allylic oxidation sites excluding steroid dienone is 1. The first-order valence-electron chi connectivity index (χ1n) is 10.5. The van der Waals surface area contributed by atoms with Gasteiger partial charge < -0.3 is 20.5 Å². The molecule has 0 saturated carbocycles. The molecule has 1 atom stereocenters. The number of carbonyl (C=O) groups is 1. The average Bonchev–Trinajstić information content (AvgIpc) is 3.11. The molecule has 0 bridgehead atoms. The van der Waals surface area contributed by atoms with Crippen molar-refractivity contribution in [2.75, 3.05) is 11.4 Å². The lowest BCUT2D eigenvalue weighted by Crippen LogP contribution is -2.43. The molecule has 158 valence electrons. The van der Waals surface area contributed by atoms with Gasteiger partial charge in [-0.15, -0.1) is 0 Å². The highest BCUT2D eigenvalue weighted by atomic mass is 19.1. The molecule has 2 aliphatic heterocycles. The molecule has 2 aromatic carbocycles. The molecule has 0 aliphatic carbocycles. The zero-order valence-corrected chi connectivity index (χ0v) is 17.7. The van der Waals surface area contributed by atoms with E-state index >= 15 is 0 Å². The molecule has 3 heterocycles. The summed E-state index contributed by atoms with van der Waals surface area (Å²) in [6.45, 7) is 4.69. The normalized spacial score (nSPS) is 17.5. The number of nitrogens with one attached hydrogen (secondary N) is 1. The van der Waals surface area contributed by atoms with Crippen LogP contribution in [-0.2, 0) is 12.8 Å². The predicted octanol–water partition coefficient (Wildman–Crippen LogP) is 5.00. The zero-order chi connectivity index (χ0) is 21.7. The number of carbonyl (C=O) groups excluding carboxylic acids is 1. The van der Waals surface area contributed by atoms with E-state index in [9.17, 15) is 9.18 Å². The van der Waals surface area contributed by atoms with Gasteiger partial charge in [-0.3, -0.25) is 0 Å². The van der Waals surface area contributed by atoms with Crippen LogP contribution in [0.3, 0.4) is 0 Å². The van der Waals surface area contributed by atoms with Gasteiger partial charge in [-0.2, -0.15) is 0 Å². The van der Waals surface area contributed by atoms with E-state index in [4.69, 9.17) is 5.73 Å². The van der Waals surface area contributed by atoms with Crippen molar-refractivity contribution in [1.82, 2.24) is 9.88 Å². The van der Waals surface area contributed by atoms with Crippen molar-refractivity contribution in [3.63, 3.8) is 0 Å². The van der Waals surface area contributed by atoms with Gasteiger partial charge in [0.1, 0.15) is 11.6 Å². The molecule has 1 aromatic heterocycles. The minimum atomic E-state index is -0.503. The number of nitrogens with zero attached hydrogens (tertiary/aromatic N) is 2. The summed E-state index contributed by atoms with van der Waals surface area (Å²) in [7, 11) is 0. The summed E-state index contributed by atoms with van der Waals surface area (Å²) >= 11 is 0. The Morgan fingerprint density at radius 2 is 1.90 bits per heavy atom. The number of benzene rings is 2. The number of amides is 2. The number of primary amides is 1. The highest BCUT2D eigenvalue weighted by Crippen LogP contribution is 2.43. The Morgan fingerprint density at radius 3 is 2.61 bits per heavy atom. The molecular formula is C25H25FN4O. The third kappa shape index (κ3) is 3.28. The quantitative estimate of drug-likeness (QED) is 0.617. The van der Waals surface area contributed by atoms with E-state index in [0.717, 1.165) is 23.6 Å². The molecule has 0 radical (unpaired) electrons. The number of anilines is 2. The smallest absolute Gasteiger partial charge is 0.315 e. The molecule has 2 amide bonds. The molecule has 5 rings (SSSR count). The second-order valence-electron chi connectivity index (χ2n) is 8.39. The minimum absolute atomic E-state index is 0.330. The topological polar surface area (TPSA) is 65.4 Å². The number of fused-ring (bicyclic) bond motifs is 3. The molecule has 0 spiro atoms. The van der Waals surface area contributed by atoms with E-state index in [1.54, 1.807) is 11.0 Å². The van der Waals surface area contributed by atoms with Crippen molar-refractivity contribution >= 4 is 17.5 Å². The molecule has 3 N–H and O–H groups in total. The van der Waals surface area contributed by atoms with Crippen LogP contribution in [-0.4, -0.2) is 22.5 Å². The van der Waals surface area contributed by atoms with Gasteiger partial charge >= 0.3 is 6.03 Å².